The van der Waals surface area contributed by atoms with Crippen molar-refractivity contribution in [1.82, 2.24) is 9.78 Å². The quantitative estimate of drug-likeness (QED) is 0.769. The molecule has 1 aromatic heterocycles. The van der Waals surface area contributed by atoms with E-state index < -0.39 is 12.5 Å². The van der Waals surface area contributed by atoms with Crippen molar-refractivity contribution in [3.63, 3.8) is 0 Å². The molecule has 2 N–H and O–H groups in total. The van der Waals surface area contributed by atoms with Gasteiger partial charge in [-0.15, -0.1) is 0 Å². The van der Waals surface area contributed by atoms with Crippen LogP contribution < -0.4 is 5.73 Å². The van der Waals surface area contributed by atoms with Crippen molar-refractivity contribution in [2.75, 3.05) is 0 Å². The van der Waals surface area contributed by atoms with Gasteiger partial charge in [0.1, 0.15) is 0 Å². The number of aromatic nitrogens is 2. The highest BCUT2D eigenvalue weighted by Gasteiger charge is 2.16. The fourth-order valence-electron chi connectivity index (χ4n) is 1.02. The Labute approximate surface area is 75.5 Å². The van der Waals surface area contributed by atoms with Gasteiger partial charge in [0, 0.05) is 19.2 Å². The third-order valence-electron chi connectivity index (χ3n) is 1.79. The SMILES string of the molecule is CCn1ccc(CC(N)C(F)F)n1. The first kappa shape index (κ1) is 10.1. The average molecular weight is 189 g/mol. The highest BCUT2D eigenvalue weighted by Crippen LogP contribution is 2.05. The third-order valence-corrected chi connectivity index (χ3v) is 1.79. The molecule has 13 heavy (non-hydrogen) atoms. The molecule has 0 bridgehead atoms. The summed E-state index contributed by atoms with van der Waals surface area (Å²) in [6.07, 6.45) is -0.593. The molecule has 0 aromatic carbocycles. The van der Waals surface area contributed by atoms with E-state index in [-0.39, 0.29) is 6.42 Å². The van der Waals surface area contributed by atoms with Gasteiger partial charge in [0.2, 0.25) is 0 Å². The number of nitrogens with two attached hydrogens (primary N) is 1. The first-order chi connectivity index (χ1) is 6.13. The van der Waals surface area contributed by atoms with Crippen molar-refractivity contribution in [3.8, 4) is 0 Å². The van der Waals surface area contributed by atoms with Crippen LogP contribution in [0.4, 0.5) is 8.78 Å². The molecular formula is C8H13F2N3. The molecule has 0 aliphatic rings. The predicted octanol–water partition coefficient (Wildman–Crippen LogP) is 1.04. The Balaban J connectivity index is 2.53. The van der Waals surface area contributed by atoms with Crippen LogP contribution in [0.5, 0.6) is 0 Å². The molecule has 0 radical (unpaired) electrons. The normalized spacial score (nSPS) is 13.6. The van der Waals surface area contributed by atoms with Crippen LogP contribution >= 0.6 is 0 Å². The monoisotopic (exact) mass is 189 g/mol. The molecule has 0 fully saturated rings. The van der Waals surface area contributed by atoms with E-state index in [0.717, 1.165) is 6.54 Å². The van der Waals surface area contributed by atoms with E-state index >= 15 is 0 Å². The van der Waals surface area contributed by atoms with Gasteiger partial charge in [0.25, 0.3) is 6.43 Å². The predicted molar refractivity (Wildman–Crippen MR) is 45.6 cm³/mol. The van der Waals surface area contributed by atoms with Crippen molar-refractivity contribution in [2.24, 2.45) is 5.73 Å². The van der Waals surface area contributed by atoms with Crippen molar-refractivity contribution < 1.29 is 8.78 Å². The highest BCUT2D eigenvalue weighted by atomic mass is 19.3. The fourth-order valence-corrected chi connectivity index (χ4v) is 1.02. The van der Waals surface area contributed by atoms with Crippen LogP contribution in [0.2, 0.25) is 0 Å². The molecule has 0 aliphatic heterocycles. The maximum absolute atomic E-state index is 12.0. The molecule has 1 atom stereocenters. The second-order valence-electron chi connectivity index (χ2n) is 2.87. The maximum atomic E-state index is 12.0. The van der Waals surface area contributed by atoms with Gasteiger partial charge in [-0.05, 0) is 13.0 Å². The van der Waals surface area contributed by atoms with Crippen molar-refractivity contribution in [1.29, 1.82) is 0 Å². The first-order valence-corrected chi connectivity index (χ1v) is 4.19. The fraction of sp³-hybridized carbons (Fsp3) is 0.625. The van der Waals surface area contributed by atoms with E-state index in [4.69, 9.17) is 5.73 Å². The van der Waals surface area contributed by atoms with Crippen molar-refractivity contribution in [3.05, 3.63) is 18.0 Å². The summed E-state index contributed by atoms with van der Waals surface area (Å²) in [4.78, 5) is 0. The Bertz CT molecular complexity index is 260. The topological polar surface area (TPSA) is 43.8 Å². The summed E-state index contributed by atoms with van der Waals surface area (Å²) in [7, 11) is 0. The van der Waals surface area contributed by atoms with Gasteiger partial charge in [-0.3, -0.25) is 4.68 Å². The van der Waals surface area contributed by atoms with Crippen LogP contribution in [0.15, 0.2) is 12.3 Å². The lowest BCUT2D eigenvalue weighted by atomic mass is 10.2. The van der Waals surface area contributed by atoms with E-state index in [1.54, 1.807) is 16.9 Å². The number of aryl methyl sites for hydroxylation is 1. The summed E-state index contributed by atoms with van der Waals surface area (Å²) >= 11 is 0. The van der Waals surface area contributed by atoms with Gasteiger partial charge in [-0.25, -0.2) is 8.78 Å². The second kappa shape index (κ2) is 4.32. The van der Waals surface area contributed by atoms with Crippen LogP contribution in [-0.2, 0) is 13.0 Å². The number of nitrogens with zero attached hydrogens (tertiary/aromatic N) is 2. The molecule has 0 spiro atoms. The van der Waals surface area contributed by atoms with Gasteiger partial charge in [0.15, 0.2) is 0 Å². The van der Waals surface area contributed by atoms with E-state index in [1.165, 1.54) is 0 Å². The molecule has 0 aliphatic carbocycles. The molecule has 5 heteroatoms. The molecule has 1 aromatic rings. The summed E-state index contributed by atoms with van der Waals surface area (Å²) in [5.41, 5.74) is 5.82. The van der Waals surface area contributed by atoms with E-state index in [9.17, 15) is 8.78 Å². The summed E-state index contributed by atoms with van der Waals surface area (Å²) in [6, 6.07) is 0.603. The Morgan fingerprint density at radius 2 is 2.31 bits per heavy atom. The van der Waals surface area contributed by atoms with Crippen LogP contribution in [0.1, 0.15) is 12.6 Å². The summed E-state index contributed by atoms with van der Waals surface area (Å²) in [5.74, 6) is 0. The first-order valence-electron chi connectivity index (χ1n) is 4.19. The largest absolute Gasteiger partial charge is 0.323 e. The lowest BCUT2D eigenvalue weighted by molar-refractivity contribution is 0.115. The number of hydrogen-bond donors (Lipinski definition) is 1. The van der Waals surface area contributed by atoms with Gasteiger partial charge in [0.05, 0.1) is 11.7 Å². The number of halogens is 2. The van der Waals surface area contributed by atoms with Crippen LogP contribution in [0, 0.1) is 0 Å². The Hall–Kier alpha value is -0.970. The average Bonchev–Trinajstić information content (AvgIpc) is 2.52. The Kier molecular flexibility index (Phi) is 3.36. The summed E-state index contributed by atoms with van der Waals surface area (Å²) in [5, 5.41) is 4.05. The highest BCUT2D eigenvalue weighted by molar-refractivity contribution is 5.01. The molecule has 74 valence electrons. The maximum Gasteiger partial charge on any atom is 0.253 e. The lowest BCUT2D eigenvalue weighted by Crippen LogP contribution is -2.31. The molecule has 1 rings (SSSR count). The molecule has 0 saturated heterocycles. The molecular weight excluding hydrogens is 176 g/mol. The summed E-state index contributed by atoms with van der Waals surface area (Å²) in [6.45, 7) is 2.67. The Morgan fingerprint density at radius 3 is 2.77 bits per heavy atom. The lowest BCUT2D eigenvalue weighted by Gasteiger charge is -2.07. The van der Waals surface area contributed by atoms with Gasteiger partial charge >= 0.3 is 0 Å². The van der Waals surface area contributed by atoms with Crippen LogP contribution in [0.3, 0.4) is 0 Å². The van der Waals surface area contributed by atoms with Gasteiger partial charge < -0.3 is 5.73 Å². The second-order valence-corrected chi connectivity index (χ2v) is 2.87. The number of rotatable bonds is 4. The molecule has 1 unspecified atom stereocenters. The van der Waals surface area contributed by atoms with E-state index in [2.05, 4.69) is 5.10 Å². The van der Waals surface area contributed by atoms with Gasteiger partial charge in [-0.2, -0.15) is 5.10 Å². The zero-order chi connectivity index (χ0) is 9.84. The zero-order valence-electron chi connectivity index (χ0n) is 7.45. The number of hydrogen-bond acceptors (Lipinski definition) is 2. The standard InChI is InChI=1S/C8H13F2N3/c1-2-13-4-3-6(12-13)5-7(11)8(9)10/h3-4,7-8H,2,5,11H2,1H3. The summed E-state index contributed by atoms with van der Waals surface area (Å²) < 4.78 is 25.8. The zero-order valence-corrected chi connectivity index (χ0v) is 7.45. The minimum absolute atomic E-state index is 0.130. The van der Waals surface area contributed by atoms with Crippen molar-refractivity contribution >= 4 is 0 Å². The molecule has 1 heterocycles. The minimum Gasteiger partial charge on any atom is -0.323 e. The van der Waals surface area contributed by atoms with E-state index in [1.807, 2.05) is 6.92 Å². The molecule has 3 nitrogen and oxygen atoms in total. The number of alkyl halides is 2. The van der Waals surface area contributed by atoms with Crippen LogP contribution in [0.25, 0.3) is 0 Å². The van der Waals surface area contributed by atoms with E-state index in [0.29, 0.717) is 5.69 Å². The van der Waals surface area contributed by atoms with Gasteiger partial charge in [-0.1, -0.05) is 0 Å². The van der Waals surface area contributed by atoms with Crippen LogP contribution in [-0.4, -0.2) is 22.2 Å². The molecule has 0 amide bonds. The van der Waals surface area contributed by atoms with Crippen molar-refractivity contribution in [2.45, 2.75) is 32.4 Å². The molecule has 0 saturated carbocycles. The minimum atomic E-state index is -2.48. The smallest absolute Gasteiger partial charge is 0.253 e. The Morgan fingerprint density at radius 1 is 1.62 bits per heavy atom. The third kappa shape index (κ3) is 2.77.